The molecule has 2 atom stereocenters. The van der Waals surface area contributed by atoms with Crippen LogP contribution in [0.1, 0.15) is 26.2 Å². The van der Waals surface area contributed by atoms with Crippen LogP contribution >= 0.6 is 0 Å². The first kappa shape index (κ1) is 9.47. The summed E-state index contributed by atoms with van der Waals surface area (Å²) in [6, 6.07) is 2.16. The molecule has 1 aliphatic heterocycles. The Labute approximate surface area is 83.1 Å². The van der Waals surface area contributed by atoms with Gasteiger partial charge in [-0.3, -0.25) is 4.79 Å². The molecule has 1 saturated carbocycles. The third-order valence-electron chi connectivity index (χ3n) is 3.19. The molecule has 0 bridgehead atoms. The molecular weight excluding hydrogens is 180 g/mol. The number of carbonyl (C=O) groups excluding carboxylic acids is 1. The van der Waals surface area contributed by atoms with Gasteiger partial charge in [-0.1, -0.05) is 0 Å². The Morgan fingerprint density at radius 2 is 2.29 bits per heavy atom. The highest BCUT2D eigenvalue weighted by Crippen LogP contribution is 2.47. The molecule has 1 heterocycles. The van der Waals surface area contributed by atoms with E-state index in [-0.39, 0.29) is 11.9 Å². The fourth-order valence-electron chi connectivity index (χ4n) is 2.06. The predicted octanol–water partition coefficient (Wildman–Crippen LogP) is 0.272. The Morgan fingerprint density at radius 3 is 2.64 bits per heavy atom. The first-order chi connectivity index (χ1) is 6.59. The van der Waals surface area contributed by atoms with E-state index in [9.17, 15) is 9.90 Å². The van der Waals surface area contributed by atoms with Crippen LogP contribution in [0.5, 0.6) is 0 Å². The molecule has 1 N–H and O–H groups in total. The monoisotopic (exact) mass is 194 g/mol. The second-order valence-corrected chi connectivity index (χ2v) is 4.39. The average molecular weight is 194 g/mol. The minimum atomic E-state index is -0.738. The van der Waals surface area contributed by atoms with E-state index in [1.54, 1.807) is 4.90 Å². The van der Waals surface area contributed by atoms with E-state index < -0.39 is 11.5 Å². The van der Waals surface area contributed by atoms with E-state index in [2.05, 4.69) is 6.07 Å². The summed E-state index contributed by atoms with van der Waals surface area (Å²) in [5, 5.41) is 18.3. The number of aliphatic hydroxyl groups is 1. The van der Waals surface area contributed by atoms with E-state index >= 15 is 0 Å². The van der Waals surface area contributed by atoms with Gasteiger partial charge in [-0.25, -0.2) is 0 Å². The number of aliphatic hydroxyl groups excluding tert-OH is 1. The molecule has 1 aliphatic carbocycles. The SMILES string of the molecule is CC1CC(O)CN1C(=O)C1(C#N)CC1. The van der Waals surface area contributed by atoms with Crippen LogP contribution in [0.3, 0.4) is 0 Å². The number of amides is 1. The van der Waals surface area contributed by atoms with Gasteiger partial charge < -0.3 is 10.0 Å². The zero-order valence-electron chi connectivity index (χ0n) is 8.23. The fourth-order valence-corrected chi connectivity index (χ4v) is 2.06. The Morgan fingerprint density at radius 1 is 1.64 bits per heavy atom. The predicted molar refractivity (Wildman–Crippen MR) is 49.1 cm³/mol. The van der Waals surface area contributed by atoms with Gasteiger partial charge in [0.25, 0.3) is 0 Å². The van der Waals surface area contributed by atoms with Gasteiger partial charge in [0, 0.05) is 12.6 Å². The summed E-state index contributed by atoms with van der Waals surface area (Å²) < 4.78 is 0. The molecule has 2 unspecified atom stereocenters. The second-order valence-electron chi connectivity index (χ2n) is 4.39. The van der Waals surface area contributed by atoms with E-state index in [0.29, 0.717) is 25.8 Å². The number of hydrogen-bond donors (Lipinski definition) is 1. The number of carbonyl (C=O) groups is 1. The van der Waals surface area contributed by atoms with Crippen molar-refractivity contribution in [2.45, 2.75) is 38.3 Å². The van der Waals surface area contributed by atoms with Crippen molar-refractivity contribution in [3.8, 4) is 6.07 Å². The Kier molecular flexibility index (Phi) is 2.00. The van der Waals surface area contributed by atoms with Crippen LogP contribution in [0.2, 0.25) is 0 Å². The summed E-state index contributed by atoms with van der Waals surface area (Å²) in [6.45, 7) is 2.31. The number of likely N-dealkylation sites (tertiary alicyclic amines) is 1. The highest BCUT2D eigenvalue weighted by atomic mass is 16.3. The Hall–Kier alpha value is -1.08. The fraction of sp³-hybridized carbons (Fsp3) is 0.800. The summed E-state index contributed by atoms with van der Waals surface area (Å²) in [5.74, 6) is -0.0796. The minimum absolute atomic E-state index is 0.0725. The molecule has 0 aromatic carbocycles. The first-order valence-corrected chi connectivity index (χ1v) is 4.99. The molecule has 4 heteroatoms. The van der Waals surface area contributed by atoms with Gasteiger partial charge in [-0.05, 0) is 26.2 Å². The third kappa shape index (κ3) is 1.28. The van der Waals surface area contributed by atoms with Crippen molar-refractivity contribution in [2.24, 2.45) is 5.41 Å². The van der Waals surface area contributed by atoms with Gasteiger partial charge in [0.2, 0.25) is 5.91 Å². The highest BCUT2D eigenvalue weighted by Gasteiger charge is 2.54. The lowest BCUT2D eigenvalue weighted by Crippen LogP contribution is -2.39. The van der Waals surface area contributed by atoms with Crippen molar-refractivity contribution in [1.82, 2.24) is 4.90 Å². The normalized spacial score (nSPS) is 33.9. The van der Waals surface area contributed by atoms with Crippen molar-refractivity contribution >= 4 is 5.91 Å². The molecule has 76 valence electrons. The lowest BCUT2D eigenvalue weighted by atomic mass is 10.1. The maximum absolute atomic E-state index is 11.9. The summed E-state index contributed by atoms with van der Waals surface area (Å²) >= 11 is 0. The van der Waals surface area contributed by atoms with Gasteiger partial charge >= 0.3 is 0 Å². The van der Waals surface area contributed by atoms with E-state index in [4.69, 9.17) is 5.26 Å². The van der Waals surface area contributed by atoms with Crippen LogP contribution in [0.15, 0.2) is 0 Å². The van der Waals surface area contributed by atoms with Gasteiger partial charge in [0.15, 0.2) is 0 Å². The van der Waals surface area contributed by atoms with E-state index in [0.717, 1.165) is 0 Å². The Balaban J connectivity index is 2.10. The third-order valence-corrected chi connectivity index (χ3v) is 3.19. The molecule has 1 amide bonds. The average Bonchev–Trinajstić information content (AvgIpc) is 2.87. The van der Waals surface area contributed by atoms with Crippen LogP contribution in [-0.2, 0) is 4.79 Å². The van der Waals surface area contributed by atoms with Crippen molar-refractivity contribution in [3.63, 3.8) is 0 Å². The van der Waals surface area contributed by atoms with Gasteiger partial charge in [0.05, 0.1) is 12.2 Å². The number of β-amino-alcohol motifs (C(OH)–C–C–N with tert-alkyl or cyclic N) is 1. The number of nitriles is 1. The van der Waals surface area contributed by atoms with Crippen molar-refractivity contribution in [2.75, 3.05) is 6.54 Å². The summed E-state index contributed by atoms with van der Waals surface area (Å²) in [5.41, 5.74) is -0.738. The van der Waals surface area contributed by atoms with Crippen LogP contribution < -0.4 is 0 Å². The topological polar surface area (TPSA) is 64.3 Å². The Bertz CT molecular complexity index is 304. The van der Waals surface area contributed by atoms with Gasteiger partial charge in [-0.2, -0.15) is 5.26 Å². The smallest absolute Gasteiger partial charge is 0.243 e. The standard InChI is InChI=1S/C10H14N2O2/c1-7-4-8(13)5-12(7)9(14)10(6-11)2-3-10/h7-8,13H,2-5H2,1H3. The maximum atomic E-state index is 11.9. The molecule has 0 radical (unpaired) electrons. The highest BCUT2D eigenvalue weighted by molar-refractivity contribution is 5.88. The number of rotatable bonds is 1. The summed E-state index contributed by atoms with van der Waals surface area (Å²) in [4.78, 5) is 13.6. The molecule has 0 spiro atoms. The van der Waals surface area contributed by atoms with Crippen molar-refractivity contribution in [1.29, 1.82) is 5.26 Å². The molecule has 14 heavy (non-hydrogen) atoms. The van der Waals surface area contributed by atoms with Crippen molar-refractivity contribution in [3.05, 3.63) is 0 Å². The first-order valence-electron chi connectivity index (χ1n) is 4.99. The lowest BCUT2D eigenvalue weighted by Gasteiger charge is -2.23. The zero-order valence-corrected chi connectivity index (χ0v) is 8.23. The van der Waals surface area contributed by atoms with Crippen LogP contribution in [-0.4, -0.2) is 34.6 Å². The molecule has 2 fully saturated rings. The zero-order chi connectivity index (χ0) is 10.3. The maximum Gasteiger partial charge on any atom is 0.243 e. The number of hydrogen-bond acceptors (Lipinski definition) is 3. The molecule has 2 aliphatic rings. The van der Waals surface area contributed by atoms with Crippen LogP contribution in [0.25, 0.3) is 0 Å². The minimum Gasteiger partial charge on any atom is -0.391 e. The van der Waals surface area contributed by atoms with Crippen LogP contribution in [0, 0.1) is 16.7 Å². The second kappa shape index (κ2) is 2.96. The molecule has 1 saturated heterocycles. The molecule has 0 aromatic rings. The largest absolute Gasteiger partial charge is 0.391 e. The van der Waals surface area contributed by atoms with Crippen LogP contribution in [0.4, 0.5) is 0 Å². The summed E-state index contributed by atoms with van der Waals surface area (Å²) in [7, 11) is 0. The van der Waals surface area contributed by atoms with E-state index in [1.165, 1.54) is 0 Å². The molecule has 0 aromatic heterocycles. The lowest BCUT2D eigenvalue weighted by molar-refractivity contribution is -0.135. The molecule has 2 rings (SSSR count). The number of nitrogens with zero attached hydrogens (tertiary/aromatic N) is 2. The molecule has 4 nitrogen and oxygen atoms in total. The van der Waals surface area contributed by atoms with Gasteiger partial charge in [0.1, 0.15) is 5.41 Å². The van der Waals surface area contributed by atoms with E-state index in [1.807, 2.05) is 6.92 Å². The molecular formula is C10H14N2O2. The summed E-state index contributed by atoms with van der Waals surface area (Å²) in [6.07, 6.45) is 1.58. The quantitative estimate of drug-likeness (QED) is 0.651. The van der Waals surface area contributed by atoms with Crippen molar-refractivity contribution < 1.29 is 9.90 Å². The van der Waals surface area contributed by atoms with Gasteiger partial charge in [-0.15, -0.1) is 0 Å².